The maximum absolute atomic E-state index is 11.4. The van der Waals surface area contributed by atoms with Crippen molar-refractivity contribution >= 4 is 23.1 Å². The molecule has 1 aromatic carbocycles. The fraction of sp³-hybridized carbons (Fsp3) is 0.375. The van der Waals surface area contributed by atoms with E-state index < -0.39 is 5.60 Å². The van der Waals surface area contributed by atoms with E-state index >= 15 is 0 Å². The lowest BCUT2D eigenvalue weighted by atomic mass is 10.1. The molecular weight excluding hydrogens is 266 g/mol. The van der Waals surface area contributed by atoms with Gasteiger partial charge in [-0.15, -0.1) is 0 Å². The Morgan fingerprint density at radius 1 is 1.43 bits per heavy atom. The van der Waals surface area contributed by atoms with Crippen molar-refractivity contribution in [3.63, 3.8) is 0 Å². The van der Waals surface area contributed by atoms with Gasteiger partial charge in [0.05, 0.1) is 11.7 Å². The summed E-state index contributed by atoms with van der Waals surface area (Å²) in [6.45, 7) is 6.09. The number of carbonyl (C=O) groups is 1. The zero-order valence-electron chi connectivity index (χ0n) is 12.6. The first-order valence-electron chi connectivity index (χ1n) is 7.00. The van der Waals surface area contributed by atoms with Gasteiger partial charge in [-0.2, -0.15) is 5.10 Å². The van der Waals surface area contributed by atoms with Gasteiger partial charge in [0.25, 0.3) is 0 Å². The summed E-state index contributed by atoms with van der Waals surface area (Å²) >= 11 is 0. The number of ether oxygens (including phenoxy) is 1. The van der Waals surface area contributed by atoms with E-state index in [1.807, 2.05) is 51.1 Å². The molecular formula is C16H21N3O2. The summed E-state index contributed by atoms with van der Waals surface area (Å²) in [5.41, 5.74) is 1.66. The van der Waals surface area contributed by atoms with Crippen LogP contribution in [0.25, 0.3) is 17.0 Å². The van der Waals surface area contributed by atoms with E-state index in [9.17, 15) is 4.79 Å². The minimum Gasteiger partial charge on any atom is -0.444 e. The Labute approximate surface area is 124 Å². The molecule has 0 bridgehead atoms. The van der Waals surface area contributed by atoms with E-state index in [2.05, 4.69) is 15.5 Å². The standard InChI is InChI=1S/C16H21N3O2/c1-16(2,3)21-15(20)17-9-5-4-6-12-7-8-13-11-18-19-14(13)10-12/h4,6-8,10-11H,5,9H2,1-3H3,(H,17,20)(H,18,19). The van der Waals surface area contributed by atoms with E-state index in [1.54, 1.807) is 6.20 Å². The van der Waals surface area contributed by atoms with Crippen molar-refractivity contribution in [3.8, 4) is 0 Å². The number of nitrogens with zero attached hydrogens (tertiary/aromatic N) is 1. The first-order chi connectivity index (χ1) is 9.94. The Kier molecular flexibility index (Phi) is 4.62. The predicted molar refractivity (Wildman–Crippen MR) is 84.0 cm³/mol. The van der Waals surface area contributed by atoms with Crippen LogP contribution in [0.3, 0.4) is 0 Å². The number of fused-ring (bicyclic) bond motifs is 1. The molecule has 2 aromatic rings. The maximum Gasteiger partial charge on any atom is 0.407 e. The largest absolute Gasteiger partial charge is 0.444 e. The monoisotopic (exact) mass is 287 g/mol. The van der Waals surface area contributed by atoms with E-state index in [4.69, 9.17) is 4.74 Å². The summed E-state index contributed by atoms with van der Waals surface area (Å²) in [7, 11) is 0. The summed E-state index contributed by atoms with van der Waals surface area (Å²) in [6, 6.07) is 6.10. The van der Waals surface area contributed by atoms with Gasteiger partial charge >= 0.3 is 6.09 Å². The van der Waals surface area contributed by atoms with Gasteiger partial charge in [-0.05, 0) is 38.8 Å². The lowest BCUT2D eigenvalue weighted by Crippen LogP contribution is -2.32. The van der Waals surface area contributed by atoms with Crippen LogP contribution in [0.2, 0.25) is 0 Å². The van der Waals surface area contributed by atoms with Gasteiger partial charge in [0.1, 0.15) is 5.60 Å². The van der Waals surface area contributed by atoms with Crippen LogP contribution in [-0.4, -0.2) is 28.4 Å². The highest BCUT2D eigenvalue weighted by Crippen LogP contribution is 2.13. The first kappa shape index (κ1) is 15.1. The molecule has 0 atom stereocenters. The van der Waals surface area contributed by atoms with E-state index in [0.717, 1.165) is 22.9 Å². The quantitative estimate of drug-likeness (QED) is 0.846. The van der Waals surface area contributed by atoms with Gasteiger partial charge in [0.2, 0.25) is 0 Å². The van der Waals surface area contributed by atoms with E-state index in [-0.39, 0.29) is 6.09 Å². The van der Waals surface area contributed by atoms with Crippen molar-refractivity contribution in [2.75, 3.05) is 6.54 Å². The lowest BCUT2D eigenvalue weighted by Gasteiger charge is -2.19. The summed E-state index contributed by atoms with van der Waals surface area (Å²) in [5.74, 6) is 0. The Balaban J connectivity index is 1.76. The topological polar surface area (TPSA) is 67.0 Å². The van der Waals surface area contributed by atoms with Gasteiger partial charge in [-0.25, -0.2) is 4.79 Å². The number of aromatic nitrogens is 2. The molecule has 1 aromatic heterocycles. The summed E-state index contributed by atoms with van der Waals surface area (Å²) < 4.78 is 5.16. The van der Waals surface area contributed by atoms with Crippen LogP contribution in [0.1, 0.15) is 32.8 Å². The van der Waals surface area contributed by atoms with Crippen molar-refractivity contribution < 1.29 is 9.53 Å². The number of carbonyl (C=O) groups excluding carboxylic acids is 1. The van der Waals surface area contributed by atoms with Crippen LogP contribution < -0.4 is 5.32 Å². The fourth-order valence-corrected chi connectivity index (χ4v) is 1.85. The number of alkyl carbamates (subject to hydrolysis) is 1. The summed E-state index contributed by atoms with van der Waals surface area (Å²) in [6.07, 6.45) is 6.22. The number of nitrogens with one attached hydrogen (secondary N) is 2. The number of amides is 1. The molecule has 1 heterocycles. The molecule has 112 valence electrons. The van der Waals surface area contributed by atoms with Crippen LogP contribution in [-0.2, 0) is 4.74 Å². The minimum absolute atomic E-state index is 0.380. The molecule has 0 saturated heterocycles. The maximum atomic E-state index is 11.4. The van der Waals surface area contributed by atoms with E-state index in [0.29, 0.717) is 6.54 Å². The molecule has 0 aliphatic heterocycles. The molecule has 21 heavy (non-hydrogen) atoms. The highest BCUT2D eigenvalue weighted by molar-refractivity contribution is 5.80. The fourth-order valence-electron chi connectivity index (χ4n) is 1.85. The van der Waals surface area contributed by atoms with Crippen LogP contribution in [0, 0.1) is 0 Å². The van der Waals surface area contributed by atoms with Gasteiger partial charge in [0.15, 0.2) is 0 Å². The first-order valence-corrected chi connectivity index (χ1v) is 7.00. The number of aromatic amines is 1. The Bertz CT molecular complexity index is 638. The van der Waals surface area contributed by atoms with E-state index in [1.165, 1.54) is 0 Å². The second kappa shape index (κ2) is 6.43. The highest BCUT2D eigenvalue weighted by Gasteiger charge is 2.15. The number of rotatable bonds is 4. The third-order valence-corrected chi connectivity index (χ3v) is 2.76. The van der Waals surface area contributed by atoms with Crippen LogP contribution >= 0.6 is 0 Å². The molecule has 1 amide bonds. The number of hydrogen-bond acceptors (Lipinski definition) is 3. The Morgan fingerprint density at radius 3 is 3.00 bits per heavy atom. The summed E-state index contributed by atoms with van der Waals surface area (Å²) in [4.78, 5) is 11.4. The van der Waals surface area contributed by atoms with Crippen LogP contribution in [0.15, 0.2) is 30.5 Å². The molecule has 0 unspecified atom stereocenters. The zero-order chi connectivity index (χ0) is 15.3. The van der Waals surface area contributed by atoms with Crippen molar-refractivity contribution in [2.45, 2.75) is 32.8 Å². The molecule has 5 heteroatoms. The average Bonchev–Trinajstić information content (AvgIpc) is 2.83. The predicted octanol–water partition coefficient (Wildman–Crippen LogP) is 3.49. The van der Waals surface area contributed by atoms with Gasteiger partial charge in [-0.1, -0.05) is 24.3 Å². The number of benzene rings is 1. The normalized spacial score (nSPS) is 12.0. The van der Waals surface area contributed by atoms with Crippen LogP contribution in [0.4, 0.5) is 4.79 Å². The van der Waals surface area contributed by atoms with Gasteiger partial charge in [0, 0.05) is 11.9 Å². The highest BCUT2D eigenvalue weighted by atomic mass is 16.6. The molecule has 5 nitrogen and oxygen atoms in total. The minimum atomic E-state index is -0.459. The molecule has 2 rings (SSSR count). The molecule has 0 fully saturated rings. The zero-order valence-corrected chi connectivity index (χ0v) is 12.6. The Hall–Kier alpha value is -2.30. The molecule has 0 radical (unpaired) electrons. The second-order valence-corrected chi connectivity index (χ2v) is 5.84. The van der Waals surface area contributed by atoms with Crippen molar-refractivity contribution in [1.29, 1.82) is 0 Å². The summed E-state index contributed by atoms with van der Waals surface area (Å²) in [5, 5.41) is 10.7. The molecule has 0 saturated carbocycles. The third kappa shape index (κ3) is 4.95. The molecule has 0 spiro atoms. The average molecular weight is 287 g/mol. The Morgan fingerprint density at radius 2 is 2.24 bits per heavy atom. The number of H-pyrrole nitrogens is 1. The lowest BCUT2D eigenvalue weighted by molar-refractivity contribution is 0.0529. The number of hydrogen-bond donors (Lipinski definition) is 2. The van der Waals surface area contributed by atoms with Crippen LogP contribution in [0.5, 0.6) is 0 Å². The van der Waals surface area contributed by atoms with Crippen molar-refractivity contribution in [2.24, 2.45) is 0 Å². The smallest absolute Gasteiger partial charge is 0.407 e. The molecule has 2 N–H and O–H groups in total. The SMILES string of the molecule is CC(C)(C)OC(=O)NCCC=Cc1ccc2cn[nH]c2c1. The van der Waals surface area contributed by atoms with Crippen molar-refractivity contribution in [3.05, 3.63) is 36.0 Å². The van der Waals surface area contributed by atoms with Gasteiger partial charge < -0.3 is 10.1 Å². The molecule has 0 aliphatic carbocycles. The van der Waals surface area contributed by atoms with Gasteiger partial charge in [-0.3, -0.25) is 5.10 Å². The third-order valence-electron chi connectivity index (χ3n) is 2.76. The van der Waals surface area contributed by atoms with Crippen molar-refractivity contribution in [1.82, 2.24) is 15.5 Å². The molecule has 0 aliphatic rings. The second-order valence-electron chi connectivity index (χ2n) is 5.84.